The SMILES string of the molecule is Cc1nn(Cc2ccccc2Cl)c(C)c1/C=C/C(=O)O[C@H](C)C(=O)Nc1ccc2c(c1)OCCO2. The Morgan fingerprint density at radius 3 is 2.69 bits per heavy atom. The lowest BCUT2D eigenvalue weighted by Crippen LogP contribution is -2.29. The van der Waals surface area contributed by atoms with Crippen molar-refractivity contribution in [3.8, 4) is 11.5 Å². The van der Waals surface area contributed by atoms with Crippen LogP contribution < -0.4 is 14.8 Å². The number of esters is 1. The number of halogens is 1. The van der Waals surface area contributed by atoms with Gasteiger partial charge in [-0.2, -0.15) is 5.10 Å². The molecule has 1 N–H and O–H groups in total. The van der Waals surface area contributed by atoms with Crippen molar-refractivity contribution in [1.29, 1.82) is 0 Å². The maximum atomic E-state index is 12.5. The van der Waals surface area contributed by atoms with Crippen molar-refractivity contribution < 1.29 is 23.8 Å². The normalized spacial score (nSPS) is 13.5. The van der Waals surface area contributed by atoms with Crippen molar-refractivity contribution >= 4 is 35.2 Å². The summed E-state index contributed by atoms with van der Waals surface area (Å²) in [6.07, 6.45) is 1.95. The van der Waals surface area contributed by atoms with E-state index in [2.05, 4.69) is 10.4 Å². The smallest absolute Gasteiger partial charge is 0.331 e. The summed E-state index contributed by atoms with van der Waals surface area (Å²) >= 11 is 6.27. The molecule has 0 saturated carbocycles. The Kier molecular flexibility index (Phi) is 7.41. The van der Waals surface area contributed by atoms with Crippen LogP contribution in [0.4, 0.5) is 5.69 Å². The molecule has 0 spiro atoms. The molecule has 1 amide bonds. The molecule has 1 atom stereocenters. The van der Waals surface area contributed by atoms with Crippen LogP contribution in [0.3, 0.4) is 0 Å². The minimum atomic E-state index is -0.995. The van der Waals surface area contributed by atoms with Crippen LogP contribution in [0.2, 0.25) is 5.02 Å². The molecule has 1 aromatic heterocycles. The molecule has 35 heavy (non-hydrogen) atoms. The fourth-order valence-corrected chi connectivity index (χ4v) is 3.87. The number of rotatable bonds is 7. The second kappa shape index (κ2) is 10.7. The number of hydrogen-bond donors (Lipinski definition) is 1. The Hall–Kier alpha value is -3.78. The maximum absolute atomic E-state index is 12.5. The molecule has 0 fully saturated rings. The Balaban J connectivity index is 1.36. The van der Waals surface area contributed by atoms with Gasteiger partial charge in [0, 0.05) is 34.1 Å². The molecule has 9 heteroatoms. The number of benzene rings is 2. The first-order valence-electron chi connectivity index (χ1n) is 11.2. The van der Waals surface area contributed by atoms with Crippen molar-refractivity contribution in [3.05, 3.63) is 76.1 Å². The number of anilines is 1. The summed E-state index contributed by atoms with van der Waals surface area (Å²) in [6, 6.07) is 12.7. The quantitative estimate of drug-likeness (QED) is 0.382. The highest BCUT2D eigenvalue weighted by molar-refractivity contribution is 6.31. The van der Waals surface area contributed by atoms with Gasteiger partial charge in [0.2, 0.25) is 0 Å². The Labute approximate surface area is 208 Å². The summed E-state index contributed by atoms with van der Waals surface area (Å²) in [5.74, 6) is 0.0953. The van der Waals surface area contributed by atoms with Crippen LogP contribution in [0, 0.1) is 13.8 Å². The van der Waals surface area contributed by atoms with Gasteiger partial charge in [-0.05, 0) is 50.6 Å². The van der Waals surface area contributed by atoms with Gasteiger partial charge in [-0.15, -0.1) is 0 Å². The van der Waals surface area contributed by atoms with Crippen LogP contribution in [0.15, 0.2) is 48.5 Å². The highest BCUT2D eigenvalue weighted by atomic mass is 35.5. The van der Waals surface area contributed by atoms with E-state index in [0.29, 0.717) is 42.0 Å². The largest absolute Gasteiger partial charge is 0.486 e. The van der Waals surface area contributed by atoms with E-state index in [4.69, 9.17) is 25.8 Å². The molecule has 0 aliphatic carbocycles. The Morgan fingerprint density at radius 2 is 1.91 bits per heavy atom. The van der Waals surface area contributed by atoms with E-state index in [9.17, 15) is 9.59 Å². The van der Waals surface area contributed by atoms with Gasteiger partial charge >= 0.3 is 5.97 Å². The molecule has 0 bridgehead atoms. The third-order valence-electron chi connectivity index (χ3n) is 5.57. The third kappa shape index (κ3) is 5.84. The van der Waals surface area contributed by atoms with Gasteiger partial charge in [0.25, 0.3) is 5.91 Å². The molecule has 2 heterocycles. The molecular weight excluding hydrogens is 470 g/mol. The predicted octanol–water partition coefficient (Wildman–Crippen LogP) is 4.56. The first-order chi connectivity index (χ1) is 16.8. The van der Waals surface area contributed by atoms with Gasteiger partial charge in [0.15, 0.2) is 17.6 Å². The number of fused-ring (bicyclic) bond motifs is 1. The van der Waals surface area contributed by atoms with E-state index in [1.54, 1.807) is 24.3 Å². The summed E-state index contributed by atoms with van der Waals surface area (Å²) in [4.78, 5) is 24.9. The molecule has 1 aliphatic heterocycles. The Bertz CT molecular complexity index is 1280. The number of aromatic nitrogens is 2. The average molecular weight is 496 g/mol. The molecule has 8 nitrogen and oxygen atoms in total. The molecule has 182 valence electrons. The third-order valence-corrected chi connectivity index (χ3v) is 5.94. The lowest BCUT2D eigenvalue weighted by Gasteiger charge is -2.19. The van der Waals surface area contributed by atoms with Crippen molar-refractivity contribution in [1.82, 2.24) is 9.78 Å². The standard InChI is InChI=1S/C26H26ClN3O5/c1-16-21(17(2)30(29-16)15-19-6-4-5-7-22(19)27)9-11-25(31)35-18(3)26(32)28-20-8-10-23-24(14-20)34-13-12-33-23/h4-11,14,18H,12-13,15H2,1-3H3,(H,28,32)/b11-9+/t18-/m1/s1. The minimum absolute atomic E-state index is 0.447. The van der Waals surface area contributed by atoms with Crippen LogP contribution in [0.5, 0.6) is 11.5 Å². The lowest BCUT2D eigenvalue weighted by molar-refractivity contribution is -0.148. The van der Waals surface area contributed by atoms with Gasteiger partial charge in [-0.25, -0.2) is 4.79 Å². The van der Waals surface area contributed by atoms with E-state index in [1.807, 2.05) is 42.8 Å². The van der Waals surface area contributed by atoms with Crippen molar-refractivity contribution in [3.63, 3.8) is 0 Å². The summed E-state index contributed by atoms with van der Waals surface area (Å²) in [7, 11) is 0. The Morgan fingerprint density at radius 1 is 1.17 bits per heavy atom. The number of amides is 1. The van der Waals surface area contributed by atoms with Crippen LogP contribution in [0.25, 0.3) is 6.08 Å². The molecular formula is C26H26ClN3O5. The van der Waals surface area contributed by atoms with E-state index in [1.165, 1.54) is 13.0 Å². The molecule has 3 aromatic rings. The number of ether oxygens (including phenoxy) is 3. The van der Waals surface area contributed by atoms with Crippen LogP contribution >= 0.6 is 11.6 Å². The number of hydrogen-bond acceptors (Lipinski definition) is 6. The van der Waals surface area contributed by atoms with Crippen molar-refractivity contribution in [2.24, 2.45) is 0 Å². The zero-order valence-electron chi connectivity index (χ0n) is 19.7. The molecule has 4 rings (SSSR count). The number of carbonyl (C=O) groups is 2. The van der Waals surface area contributed by atoms with Gasteiger partial charge < -0.3 is 19.5 Å². The van der Waals surface area contributed by atoms with Crippen molar-refractivity contribution in [2.75, 3.05) is 18.5 Å². The van der Waals surface area contributed by atoms with E-state index >= 15 is 0 Å². The van der Waals surface area contributed by atoms with Gasteiger partial charge in [0.05, 0.1) is 12.2 Å². The van der Waals surface area contributed by atoms with Crippen molar-refractivity contribution in [2.45, 2.75) is 33.4 Å². The fraction of sp³-hybridized carbons (Fsp3) is 0.269. The van der Waals surface area contributed by atoms with Crippen LogP contribution in [0.1, 0.15) is 29.4 Å². The molecule has 0 saturated heterocycles. The van der Waals surface area contributed by atoms with Gasteiger partial charge in [-0.3, -0.25) is 9.48 Å². The van der Waals surface area contributed by atoms with Crippen LogP contribution in [-0.4, -0.2) is 41.0 Å². The van der Waals surface area contributed by atoms with Crippen LogP contribution in [-0.2, 0) is 20.9 Å². The summed E-state index contributed by atoms with van der Waals surface area (Å²) < 4.78 is 18.1. The zero-order valence-corrected chi connectivity index (χ0v) is 20.5. The summed E-state index contributed by atoms with van der Waals surface area (Å²) in [5.41, 5.74) is 3.93. The minimum Gasteiger partial charge on any atom is -0.486 e. The van der Waals surface area contributed by atoms with E-state index in [0.717, 1.165) is 22.5 Å². The number of nitrogens with one attached hydrogen (secondary N) is 1. The predicted molar refractivity (Wildman–Crippen MR) is 133 cm³/mol. The highest BCUT2D eigenvalue weighted by Crippen LogP contribution is 2.32. The number of aryl methyl sites for hydroxylation is 1. The molecule has 0 unspecified atom stereocenters. The monoisotopic (exact) mass is 495 g/mol. The summed E-state index contributed by atoms with van der Waals surface area (Å²) in [5, 5.41) is 7.95. The topological polar surface area (TPSA) is 91.7 Å². The second-order valence-corrected chi connectivity index (χ2v) is 8.50. The highest BCUT2D eigenvalue weighted by Gasteiger charge is 2.19. The van der Waals surface area contributed by atoms with E-state index in [-0.39, 0.29) is 0 Å². The first-order valence-corrected chi connectivity index (χ1v) is 11.6. The number of nitrogens with zero attached hydrogens (tertiary/aromatic N) is 2. The molecule has 0 radical (unpaired) electrons. The van der Waals surface area contributed by atoms with Gasteiger partial charge in [0.1, 0.15) is 13.2 Å². The molecule has 1 aliphatic rings. The van der Waals surface area contributed by atoms with Gasteiger partial charge in [-0.1, -0.05) is 29.8 Å². The van der Waals surface area contributed by atoms with E-state index < -0.39 is 18.0 Å². The maximum Gasteiger partial charge on any atom is 0.331 e. The number of carbonyl (C=O) groups excluding carboxylic acids is 2. The summed E-state index contributed by atoms with van der Waals surface area (Å²) in [6.45, 7) is 6.75. The fourth-order valence-electron chi connectivity index (χ4n) is 3.68. The average Bonchev–Trinajstić information content (AvgIpc) is 3.11. The second-order valence-electron chi connectivity index (χ2n) is 8.09. The zero-order chi connectivity index (χ0) is 24.9. The first kappa shape index (κ1) is 24.3. The lowest BCUT2D eigenvalue weighted by atomic mass is 10.1. The molecule has 2 aromatic carbocycles.